The van der Waals surface area contributed by atoms with Crippen molar-refractivity contribution in [3.05, 3.63) is 23.5 Å². The van der Waals surface area contributed by atoms with Crippen LogP contribution >= 0.6 is 0 Å². The summed E-state index contributed by atoms with van der Waals surface area (Å²) in [5, 5.41) is 6.18. The van der Waals surface area contributed by atoms with E-state index in [-0.39, 0.29) is 5.91 Å². The second-order valence-electron chi connectivity index (χ2n) is 4.99. The zero-order valence-corrected chi connectivity index (χ0v) is 11.1. The Hall–Kier alpha value is -1.82. The molecule has 1 aromatic rings. The van der Waals surface area contributed by atoms with E-state index in [2.05, 4.69) is 10.6 Å². The highest BCUT2D eigenvalue weighted by atomic mass is 16.2. The van der Waals surface area contributed by atoms with Crippen molar-refractivity contribution in [3.8, 4) is 0 Å². The summed E-state index contributed by atoms with van der Waals surface area (Å²) in [4.78, 5) is 23.0. The minimum absolute atomic E-state index is 0.166. The number of hydrogen-bond acceptors (Lipinski definition) is 3. The molecule has 4 N–H and O–H groups in total. The van der Waals surface area contributed by atoms with Crippen LogP contribution in [0.15, 0.2) is 12.3 Å². The Morgan fingerprint density at radius 1 is 1.58 bits per heavy atom. The third kappa shape index (κ3) is 3.35. The number of hydrogen-bond donors (Lipinski definition) is 3. The Kier molecular flexibility index (Phi) is 4.21. The van der Waals surface area contributed by atoms with Gasteiger partial charge in [-0.1, -0.05) is 0 Å². The molecule has 1 fully saturated rings. The van der Waals surface area contributed by atoms with Crippen molar-refractivity contribution in [2.45, 2.75) is 12.8 Å². The van der Waals surface area contributed by atoms with E-state index in [4.69, 9.17) is 5.73 Å². The first-order valence-electron chi connectivity index (χ1n) is 6.53. The van der Waals surface area contributed by atoms with Crippen molar-refractivity contribution in [2.75, 3.05) is 19.6 Å². The van der Waals surface area contributed by atoms with Crippen LogP contribution in [0.1, 0.15) is 33.7 Å². The first-order chi connectivity index (χ1) is 9.08. The molecule has 2 heterocycles. The summed E-state index contributed by atoms with van der Waals surface area (Å²) < 4.78 is 1.62. The maximum absolute atomic E-state index is 12.0. The number of amides is 2. The molecule has 1 aliphatic rings. The summed E-state index contributed by atoms with van der Waals surface area (Å²) in [5.74, 6) is -0.0393. The minimum Gasteiger partial charge on any atom is -0.366 e. The fraction of sp³-hybridized carbons (Fsp3) is 0.538. The first kappa shape index (κ1) is 13.6. The van der Waals surface area contributed by atoms with Crippen LogP contribution in [0, 0.1) is 5.92 Å². The average molecular weight is 264 g/mol. The third-order valence-electron chi connectivity index (χ3n) is 3.52. The molecule has 1 atom stereocenters. The van der Waals surface area contributed by atoms with Gasteiger partial charge in [-0.3, -0.25) is 9.59 Å². The van der Waals surface area contributed by atoms with Gasteiger partial charge in [-0.15, -0.1) is 0 Å². The lowest BCUT2D eigenvalue weighted by Gasteiger charge is -2.09. The Morgan fingerprint density at radius 2 is 2.37 bits per heavy atom. The van der Waals surface area contributed by atoms with E-state index in [0.717, 1.165) is 19.5 Å². The standard InChI is InChI=1S/C13H20N4O2/c1-17-8-10(12(14)18)6-11(17)13(19)16-5-3-9-2-4-15-7-9/h6,8-9,15H,2-5,7H2,1H3,(H2,14,18)(H,16,19). The topological polar surface area (TPSA) is 89.2 Å². The van der Waals surface area contributed by atoms with Crippen LogP contribution in [0.2, 0.25) is 0 Å². The van der Waals surface area contributed by atoms with Gasteiger partial charge in [0.1, 0.15) is 5.69 Å². The number of aromatic nitrogens is 1. The lowest BCUT2D eigenvalue weighted by atomic mass is 10.1. The summed E-state index contributed by atoms with van der Waals surface area (Å²) in [6.45, 7) is 2.76. The largest absolute Gasteiger partial charge is 0.366 e. The number of nitrogens with two attached hydrogens (primary N) is 1. The summed E-state index contributed by atoms with van der Waals surface area (Å²) in [7, 11) is 1.72. The molecule has 0 aromatic carbocycles. The summed E-state index contributed by atoms with van der Waals surface area (Å²) in [6, 6.07) is 1.52. The number of carbonyl (C=O) groups excluding carboxylic acids is 2. The number of primary amides is 1. The van der Waals surface area contributed by atoms with Crippen molar-refractivity contribution >= 4 is 11.8 Å². The van der Waals surface area contributed by atoms with E-state index in [1.54, 1.807) is 17.8 Å². The SMILES string of the molecule is Cn1cc(C(N)=O)cc1C(=O)NCCC1CCNC1. The van der Waals surface area contributed by atoms with Crippen molar-refractivity contribution in [1.29, 1.82) is 0 Å². The maximum Gasteiger partial charge on any atom is 0.267 e. The van der Waals surface area contributed by atoms with Gasteiger partial charge in [0.05, 0.1) is 5.56 Å². The number of carbonyl (C=O) groups is 2. The molecule has 2 amide bonds. The van der Waals surface area contributed by atoms with Crippen molar-refractivity contribution in [1.82, 2.24) is 15.2 Å². The number of aryl methyl sites for hydroxylation is 1. The van der Waals surface area contributed by atoms with Crippen LogP contribution in [0.5, 0.6) is 0 Å². The maximum atomic E-state index is 12.0. The van der Waals surface area contributed by atoms with Gasteiger partial charge in [0.2, 0.25) is 5.91 Å². The lowest BCUT2D eigenvalue weighted by Crippen LogP contribution is -2.27. The quantitative estimate of drug-likeness (QED) is 0.691. The zero-order chi connectivity index (χ0) is 13.8. The normalized spacial score (nSPS) is 18.5. The molecule has 0 spiro atoms. The number of nitrogens with one attached hydrogen (secondary N) is 2. The molecule has 0 bridgehead atoms. The first-order valence-corrected chi connectivity index (χ1v) is 6.53. The summed E-state index contributed by atoms with van der Waals surface area (Å²) >= 11 is 0. The molecule has 2 rings (SSSR count). The second-order valence-corrected chi connectivity index (χ2v) is 4.99. The highest BCUT2D eigenvalue weighted by Crippen LogP contribution is 2.11. The molecule has 1 aromatic heterocycles. The van der Waals surface area contributed by atoms with E-state index in [0.29, 0.717) is 23.7 Å². The Bertz CT molecular complexity index is 475. The van der Waals surface area contributed by atoms with Crippen LogP contribution in [-0.2, 0) is 7.05 Å². The molecular weight excluding hydrogens is 244 g/mol. The Balaban J connectivity index is 1.86. The minimum atomic E-state index is -0.522. The van der Waals surface area contributed by atoms with Gasteiger partial charge in [-0.25, -0.2) is 0 Å². The van der Waals surface area contributed by atoms with E-state index < -0.39 is 5.91 Å². The molecule has 0 saturated carbocycles. The number of rotatable bonds is 5. The molecule has 1 unspecified atom stereocenters. The average Bonchev–Trinajstić information content (AvgIpc) is 2.98. The molecule has 1 saturated heterocycles. The van der Waals surface area contributed by atoms with E-state index in [9.17, 15) is 9.59 Å². The molecule has 6 heteroatoms. The molecule has 0 radical (unpaired) electrons. The van der Waals surface area contributed by atoms with Crippen LogP contribution in [0.25, 0.3) is 0 Å². The molecule has 19 heavy (non-hydrogen) atoms. The predicted molar refractivity (Wildman–Crippen MR) is 71.9 cm³/mol. The Labute approximate surface area is 112 Å². The van der Waals surface area contributed by atoms with Crippen molar-refractivity contribution < 1.29 is 9.59 Å². The van der Waals surface area contributed by atoms with E-state index in [1.165, 1.54) is 12.5 Å². The lowest BCUT2D eigenvalue weighted by molar-refractivity contribution is 0.0943. The van der Waals surface area contributed by atoms with Crippen LogP contribution in [-0.4, -0.2) is 36.0 Å². The van der Waals surface area contributed by atoms with Crippen LogP contribution in [0.4, 0.5) is 0 Å². The molecule has 6 nitrogen and oxygen atoms in total. The smallest absolute Gasteiger partial charge is 0.267 e. The zero-order valence-electron chi connectivity index (χ0n) is 11.1. The summed E-state index contributed by atoms with van der Waals surface area (Å²) in [5.41, 5.74) is 6.00. The molecular formula is C13H20N4O2. The van der Waals surface area contributed by atoms with E-state index in [1.807, 2.05) is 0 Å². The second kappa shape index (κ2) is 5.88. The van der Waals surface area contributed by atoms with Gasteiger partial charge < -0.3 is 20.9 Å². The highest BCUT2D eigenvalue weighted by Gasteiger charge is 2.16. The molecule has 1 aliphatic heterocycles. The van der Waals surface area contributed by atoms with Crippen LogP contribution < -0.4 is 16.4 Å². The van der Waals surface area contributed by atoms with Crippen molar-refractivity contribution in [2.24, 2.45) is 18.7 Å². The predicted octanol–water partition coefficient (Wildman–Crippen LogP) is -0.147. The fourth-order valence-electron chi connectivity index (χ4n) is 2.37. The van der Waals surface area contributed by atoms with Gasteiger partial charge in [0.15, 0.2) is 0 Å². The van der Waals surface area contributed by atoms with Crippen molar-refractivity contribution in [3.63, 3.8) is 0 Å². The molecule has 104 valence electrons. The molecule has 0 aliphatic carbocycles. The summed E-state index contributed by atoms with van der Waals surface area (Å²) in [6.07, 6.45) is 3.72. The highest BCUT2D eigenvalue weighted by molar-refractivity contribution is 5.98. The van der Waals surface area contributed by atoms with Crippen LogP contribution in [0.3, 0.4) is 0 Å². The van der Waals surface area contributed by atoms with Gasteiger partial charge in [0, 0.05) is 19.8 Å². The fourth-order valence-corrected chi connectivity index (χ4v) is 2.37. The monoisotopic (exact) mass is 264 g/mol. The van der Waals surface area contributed by atoms with Gasteiger partial charge >= 0.3 is 0 Å². The van der Waals surface area contributed by atoms with Gasteiger partial charge in [-0.05, 0) is 37.9 Å². The Morgan fingerprint density at radius 3 is 2.95 bits per heavy atom. The van der Waals surface area contributed by atoms with E-state index >= 15 is 0 Å². The third-order valence-corrected chi connectivity index (χ3v) is 3.52. The van der Waals surface area contributed by atoms with Gasteiger partial charge in [0.25, 0.3) is 5.91 Å². The number of nitrogens with zero attached hydrogens (tertiary/aromatic N) is 1. The van der Waals surface area contributed by atoms with Gasteiger partial charge in [-0.2, -0.15) is 0 Å².